The molecule has 416 valence electrons. The number of carboxylic acids is 1. The number of hydrogen-bond acceptors (Lipinski definition) is 21. The van der Waals surface area contributed by atoms with Crippen molar-refractivity contribution >= 4 is 76.8 Å². The summed E-state index contributed by atoms with van der Waals surface area (Å²) in [5, 5.41) is 34.6. The molecule has 12 rings (SSSR count). The van der Waals surface area contributed by atoms with E-state index in [1.807, 2.05) is 41.3 Å². The standard InChI is InChI=1S/C24H21FN10O4S.C13H17N5O2S.C11H6FN5O3/c1-40(38,39)23-29-24(35(30-23)15-5-3-2-4-6-15)33-11-9-32(10-12-33)22(37)20(36)16-13-26-19-18(16)17(25)14-27-21(19)34-8-7-28-31-34;1-21(19,20)12-15-13(17-9-7-14-8-10-17)18(16-12)11-5-3-2-4-6-11;12-6-4-14-10(17-2-1-15-16-17)8-7(6)5(3-13-8)9(18)11(19)20/h2-8,13-14,26H,9-12H2,1H3;2-6,14H,7-10H2,1H3;1-4,13H,(H,19,20). The van der Waals surface area contributed by atoms with Crippen molar-refractivity contribution in [3.05, 3.63) is 133 Å². The normalized spacial score (nSPS) is 13.9. The molecule has 0 saturated carbocycles. The largest absolute Gasteiger partial charge is 0.475 e. The molecule has 0 radical (unpaired) electrons. The number of benzene rings is 2. The van der Waals surface area contributed by atoms with Crippen LogP contribution in [0.1, 0.15) is 20.7 Å². The van der Waals surface area contributed by atoms with Gasteiger partial charge in [0.2, 0.25) is 31.6 Å². The molecule has 1 amide bonds. The molecule has 33 heteroatoms. The van der Waals surface area contributed by atoms with Gasteiger partial charge in [-0.1, -0.05) is 46.8 Å². The van der Waals surface area contributed by atoms with Gasteiger partial charge in [0.1, 0.15) is 0 Å². The number of ketones is 2. The number of hydrogen-bond donors (Lipinski definition) is 4. The van der Waals surface area contributed by atoms with Gasteiger partial charge in [0.25, 0.3) is 27.8 Å². The van der Waals surface area contributed by atoms with E-state index in [0.717, 1.165) is 63.0 Å². The third kappa shape index (κ3) is 11.2. The summed E-state index contributed by atoms with van der Waals surface area (Å²) in [6, 6.07) is 18.4. The second-order valence-electron chi connectivity index (χ2n) is 17.9. The number of rotatable bonds is 12. The molecule has 4 N–H and O–H groups in total. The zero-order valence-corrected chi connectivity index (χ0v) is 44.1. The van der Waals surface area contributed by atoms with Crippen LogP contribution in [-0.2, 0) is 29.3 Å². The van der Waals surface area contributed by atoms with E-state index in [1.54, 1.807) is 33.8 Å². The highest BCUT2D eigenvalue weighted by molar-refractivity contribution is 7.90. The van der Waals surface area contributed by atoms with Gasteiger partial charge in [0, 0.05) is 77.3 Å². The Morgan fingerprint density at radius 1 is 0.593 bits per heavy atom. The van der Waals surface area contributed by atoms with Crippen LogP contribution in [0.4, 0.5) is 20.7 Å². The Hall–Kier alpha value is -10.0. The fraction of sp³-hybridized carbons (Fsp3) is 0.208. The van der Waals surface area contributed by atoms with Crippen LogP contribution in [-0.4, -0.2) is 195 Å². The molecular formula is C48H44F2N20O9S2. The molecule has 81 heavy (non-hydrogen) atoms. The fourth-order valence-electron chi connectivity index (χ4n) is 8.67. The Kier molecular flexibility index (Phi) is 15.0. The average Bonchev–Trinajstić information content (AvgIpc) is 4.46. The minimum atomic E-state index is -3.68. The van der Waals surface area contributed by atoms with Crippen molar-refractivity contribution in [3.63, 3.8) is 0 Å². The third-order valence-corrected chi connectivity index (χ3v) is 14.2. The van der Waals surface area contributed by atoms with Crippen LogP contribution < -0.4 is 15.1 Å². The molecular weight excluding hydrogens is 1100 g/mol. The predicted molar refractivity (Wildman–Crippen MR) is 281 cm³/mol. The molecule has 0 spiro atoms. The topological polar surface area (TPSA) is 359 Å². The first-order valence-electron chi connectivity index (χ1n) is 24.2. The summed E-state index contributed by atoms with van der Waals surface area (Å²) in [6.07, 6.45) is 12.3. The lowest BCUT2D eigenvalue weighted by Crippen LogP contribution is -2.51. The number of sulfone groups is 2. The molecule has 2 saturated heterocycles. The number of aliphatic carboxylic acids is 1. The molecule has 10 heterocycles. The lowest BCUT2D eigenvalue weighted by Gasteiger charge is -2.34. The number of anilines is 2. The molecule has 2 fully saturated rings. The van der Waals surface area contributed by atoms with Crippen LogP contribution in [0.25, 0.3) is 44.8 Å². The molecule has 0 bridgehead atoms. The zero-order chi connectivity index (χ0) is 57.2. The summed E-state index contributed by atoms with van der Waals surface area (Å²) < 4.78 is 82.1. The number of piperazine rings is 2. The summed E-state index contributed by atoms with van der Waals surface area (Å²) in [4.78, 5) is 75.8. The van der Waals surface area contributed by atoms with E-state index in [0.29, 0.717) is 17.6 Å². The van der Waals surface area contributed by atoms with Crippen molar-refractivity contribution in [2.45, 2.75) is 10.3 Å². The monoisotopic (exact) mass is 1150 g/mol. The number of nitrogens with one attached hydrogen (secondary N) is 3. The highest BCUT2D eigenvalue weighted by Crippen LogP contribution is 2.29. The second-order valence-corrected chi connectivity index (χ2v) is 21.7. The number of aromatic amines is 2. The minimum Gasteiger partial charge on any atom is -0.475 e. The summed E-state index contributed by atoms with van der Waals surface area (Å²) in [6.45, 7) is 4.05. The van der Waals surface area contributed by atoms with Crippen LogP contribution in [0, 0.1) is 11.6 Å². The van der Waals surface area contributed by atoms with Crippen molar-refractivity contribution in [2.75, 3.05) is 74.7 Å². The predicted octanol–water partition coefficient (Wildman–Crippen LogP) is 1.43. The number of Topliss-reactive ketones (excluding diaryl/α,β-unsaturated/α-hetero) is 2. The van der Waals surface area contributed by atoms with E-state index in [1.165, 1.54) is 49.9 Å². The first kappa shape index (κ1) is 54.3. The molecule has 0 atom stereocenters. The van der Waals surface area contributed by atoms with Gasteiger partial charge in [0.05, 0.1) is 81.5 Å². The van der Waals surface area contributed by atoms with Crippen LogP contribution >= 0.6 is 0 Å². The average molecular weight is 1150 g/mol. The fourth-order valence-corrected chi connectivity index (χ4v) is 9.62. The number of pyridine rings is 2. The maximum atomic E-state index is 14.8. The van der Waals surface area contributed by atoms with Crippen LogP contribution in [0.5, 0.6) is 0 Å². The highest BCUT2D eigenvalue weighted by atomic mass is 32.2. The quantitative estimate of drug-likeness (QED) is 0.0993. The molecule has 29 nitrogen and oxygen atoms in total. The first-order chi connectivity index (χ1) is 38.9. The number of carbonyl (C=O) groups is 4. The molecule has 2 aliphatic rings. The maximum absolute atomic E-state index is 14.8. The van der Waals surface area contributed by atoms with Gasteiger partial charge in [-0.15, -0.1) is 20.4 Å². The van der Waals surface area contributed by atoms with Crippen LogP contribution in [0.2, 0.25) is 0 Å². The maximum Gasteiger partial charge on any atom is 0.377 e. The number of para-hydroxylation sites is 2. The van der Waals surface area contributed by atoms with Gasteiger partial charge in [-0.05, 0) is 24.3 Å². The Bertz CT molecular complexity index is 4200. The molecule has 2 aliphatic heterocycles. The molecule has 0 aliphatic carbocycles. The SMILES string of the molecule is CS(=O)(=O)c1nc(N2CCN(C(=O)C(=O)c3c[nH]c4c(-n5ccnn5)ncc(F)c34)CC2)n(-c2ccccc2)n1.CS(=O)(=O)c1nc(N2CCNCC2)n(-c2ccccc2)n1.O=C(O)C(=O)c1c[nH]c2c(-n3ccnn3)ncc(F)c12. The summed E-state index contributed by atoms with van der Waals surface area (Å²) in [7, 11) is -7.11. The Labute approximate surface area is 455 Å². The number of fused-ring (bicyclic) bond motifs is 2. The van der Waals surface area contributed by atoms with Gasteiger partial charge < -0.3 is 35.1 Å². The van der Waals surface area contributed by atoms with E-state index in [2.05, 4.69) is 66.0 Å². The van der Waals surface area contributed by atoms with Crippen molar-refractivity contribution in [1.29, 1.82) is 0 Å². The van der Waals surface area contributed by atoms with Crippen LogP contribution in [0.15, 0.2) is 121 Å². The molecule has 8 aromatic heterocycles. The van der Waals surface area contributed by atoms with Gasteiger partial charge >= 0.3 is 5.97 Å². The molecule has 2 aromatic carbocycles. The molecule has 10 aromatic rings. The highest BCUT2D eigenvalue weighted by Gasteiger charge is 2.33. The van der Waals surface area contributed by atoms with Crippen molar-refractivity contribution in [1.82, 2.24) is 89.7 Å². The van der Waals surface area contributed by atoms with E-state index in [-0.39, 0.29) is 81.1 Å². The van der Waals surface area contributed by atoms with Crippen molar-refractivity contribution in [3.8, 4) is 23.0 Å². The number of nitrogens with zero attached hydrogens (tertiary/aromatic N) is 17. The Balaban J connectivity index is 0.000000151. The Morgan fingerprint density at radius 2 is 1.02 bits per heavy atom. The third-order valence-electron chi connectivity index (χ3n) is 12.5. The molecule has 0 unspecified atom stereocenters. The van der Waals surface area contributed by atoms with E-state index in [9.17, 15) is 44.8 Å². The van der Waals surface area contributed by atoms with Gasteiger partial charge in [0.15, 0.2) is 23.3 Å². The number of aromatic nitrogens is 16. The van der Waals surface area contributed by atoms with Crippen molar-refractivity contribution in [2.24, 2.45) is 0 Å². The van der Waals surface area contributed by atoms with Gasteiger partial charge in [-0.25, -0.2) is 49.7 Å². The summed E-state index contributed by atoms with van der Waals surface area (Å²) in [5.41, 5.74) is 1.40. The lowest BCUT2D eigenvalue weighted by molar-refractivity contribution is -0.131. The van der Waals surface area contributed by atoms with Crippen LogP contribution in [0.3, 0.4) is 0 Å². The number of carboxylic acid groups (broad SMARTS) is 1. The first-order valence-corrected chi connectivity index (χ1v) is 28.0. The van der Waals surface area contributed by atoms with Crippen molar-refractivity contribution < 1.29 is 49.9 Å². The lowest BCUT2D eigenvalue weighted by atomic mass is 10.1. The Morgan fingerprint density at radius 3 is 1.43 bits per heavy atom. The van der Waals surface area contributed by atoms with Gasteiger partial charge in [-0.3, -0.25) is 14.4 Å². The van der Waals surface area contributed by atoms with Gasteiger partial charge in [-0.2, -0.15) is 19.3 Å². The van der Waals surface area contributed by atoms with E-state index in [4.69, 9.17) is 5.11 Å². The minimum absolute atomic E-state index is 0.0678. The number of H-pyrrole nitrogens is 2. The second kappa shape index (κ2) is 22.4. The summed E-state index contributed by atoms with van der Waals surface area (Å²) in [5.74, 6) is -4.78. The smallest absolute Gasteiger partial charge is 0.377 e. The zero-order valence-electron chi connectivity index (χ0n) is 42.4. The van der Waals surface area contributed by atoms with E-state index >= 15 is 0 Å². The number of amides is 1. The number of carbonyl (C=O) groups excluding carboxylic acids is 3. The number of halogens is 2. The summed E-state index contributed by atoms with van der Waals surface area (Å²) >= 11 is 0. The van der Waals surface area contributed by atoms with E-state index < -0.39 is 54.8 Å².